The van der Waals surface area contributed by atoms with E-state index in [0.717, 1.165) is 6.08 Å². The number of aliphatic hydroxyl groups excluding tert-OH is 1. The van der Waals surface area contributed by atoms with Gasteiger partial charge in [0, 0.05) is 0 Å². The van der Waals surface area contributed by atoms with Gasteiger partial charge in [-0.2, -0.15) is 0 Å². The molecule has 0 bridgehead atoms. The quantitative estimate of drug-likeness (QED) is 0.293. The second kappa shape index (κ2) is 3.21. The van der Waals surface area contributed by atoms with Crippen LogP contribution in [0.4, 0.5) is 0 Å². The summed E-state index contributed by atoms with van der Waals surface area (Å²) < 4.78 is 4.10. The second-order valence-electron chi connectivity index (χ2n) is 0.839. The number of hydrogen-bond donors (Lipinski definition) is 1. The first kappa shape index (κ1) is 6.01. The van der Waals surface area contributed by atoms with Gasteiger partial charge in [0.1, 0.15) is 0 Å². The molecule has 0 saturated carbocycles. The molecular weight excluding hydrogens is 96.0 g/mol. The van der Waals surface area contributed by atoms with E-state index in [0.29, 0.717) is 6.26 Å². The van der Waals surface area contributed by atoms with Gasteiger partial charge < -0.3 is 9.84 Å². The Morgan fingerprint density at radius 2 is 2.43 bits per heavy atom. The molecule has 3 heteroatoms. The van der Waals surface area contributed by atoms with Gasteiger partial charge in [-0.05, 0) is 0 Å². The monoisotopic (exact) mass is 102 g/mol. The van der Waals surface area contributed by atoms with E-state index in [-0.39, 0.29) is 0 Å². The average Bonchev–Trinajstić information content (AvgIpc) is 1.68. The van der Waals surface area contributed by atoms with Crippen LogP contribution in [-0.2, 0) is 9.53 Å². The highest BCUT2D eigenvalue weighted by Crippen LogP contribution is 1.71. The first-order valence-electron chi connectivity index (χ1n) is 1.70. The number of carbonyl (C=O) groups excluding carboxylic acids is 1. The molecule has 0 aliphatic rings. The fourth-order valence-corrected chi connectivity index (χ4v) is 0.129. The summed E-state index contributed by atoms with van der Waals surface area (Å²) in [7, 11) is 1.24. The van der Waals surface area contributed by atoms with Gasteiger partial charge in [0.25, 0.3) is 0 Å². The lowest BCUT2D eigenvalue weighted by Gasteiger charge is -1.84. The van der Waals surface area contributed by atoms with E-state index >= 15 is 0 Å². The molecule has 0 aromatic rings. The lowest BCUT2D eigenvalue weighted by atomic mass is 10.6. The molecular formula is C4H6O3. The molecule has 0 saturated heterocycles. The first-order valence-corrected chi connectivity index (χ1v) is 1.70. The van der Waals surface area contributed by atoms with Crippen molar-refractivity contribution in [2.75, 3.05) is 7.11 Å². The fourth-order valence-electron chi connectivity index (χ4n) is 0.129. The number of aliphatic hydroxyl groups is 1. The summed E-state index contributed by atoms with van der Waals surface area (Å²) in [5.41, 5.74) is 0. The summed E-state index contributed by atoms with van der Waals surface area (Å²) in [6.45, 7) is 0. The molecule has 0 aromatic heterocycles. The first-order chi connectivity index (χ1) is 3.31. The average molecular weight is 102 g/mol. The molecule has 0 spiro atoms. The van der Waals surface area contributed by atoms with E-state index in [4.69, 9.17) is 5.11 Å². The standard InChI is InChI=1S/C4H6O3/c1-7-4(6)2-3-5/h2-3,5H,1H3/b3-2-. The Bertz CT molecular complexity index is 84.9. The van der Waals surface area contributed by atoms with Crippen molar-refractivity contribution < 1.29 is 14.6 Å². The fraction of sp³-hybridized carbons (Fsp3) is 0.250. The van der Waals surface area contributed by atoms with Crippen molar-refractivity contribution in [2.24, 2.45) is 0 Å². The molecule has 0 heterocycles. The molecule has 40 valence electrons. The Morgan fingerprint density at radius 1 is 1.86 bits per heavy atom. The van der Waals surface area contributed by atoms with Gasteiger partial charge in [-0.25, -0.2) is 4.79 Å². The summed E-state index contributed by atoms with van der Waals surface area (Å²) in [4.78, 5) is 9.94. The zero-order valence-electron chi connectivity index (χ0n) is 3.92. The van der Waals surface area contributed by atoms with E-state index in [1.54, 1.807) is 0 Å². The van der Waals surface area contributed by atoms with Crippen LogP contribution in [0, 0.1) is 0 Å². The van der Waals surface area contributed by atoms with Gasteiger partial charge in [0.05, 0.1) is 19.4 Å². The Balaban J connectivity index is 3.37. The zero-order valence-corrected chi connectivity index (χ0v) is 3.92. The zero-order chi connectivity index (χ0) is 5.70. The predicted molar refractivity (Wildman–Crippen MR) is 23.8 cm³/mol. The van der Waals surface area contributed by atoms with Crippen LogP contribution < -0.4 is 0 Å². The van der Waals surface area contributed by atoms with Crippen LogP contribution in [0.2, 0.25) is 0 Å². The minimum atomic E-state index is -0.553. The molecule has 7 heavy (non-hydrogen) atoms. The van der Waals surface area contributed by atoms with E-state index in [1.807, 2.05) is 0 Å². The molecule has 0 atom stereocenters. The predicted octanol–water partition coefficient (Wildman–Crippen LogP) is 0.231. The number of carbonyl (C=O) groups is 1. The van der Waals surface area contributed by atoms with Crippen LogP contribution in [0.3, 0.4) is 0 Å². The van der Waals surface area contributed by atoms with Gasteiger partial charge in [-0.15, -0.1) is 0 Å². The van der Waals surface area contributed by atoms with Gasteiger partial charge in [-0.3, -0.25) is 0 Å². The molecule has 1 N–H and O–H groups in total. The van der Waals surface area contributed by atoms with Crippen molar-refractivity contribution in [1.82, 2.24) is 0 Å². The third kappa shape index (κ3) is 2.82. The summed E-state index contributed by atoms with van der Waals surface area (Å²) in [5.74, 6) is -0.553. The summed E-state index contributed by atoms with van der Waals surface area (Å²) in [6.07, 6.45) is 1.55. The summed E-state index contributed by atoms with van der Waals surface area (Å²) in [5, 5.41) is 7.89. The van der Waals surface area contributed by atoms with E-state index in [9.17, 15) is 4.79 Å². The van der Waals surface area contributed by atoms with E-state index in [1.165, 1.54) is 7.11 Å². The van der Waals surface area contributed by atoms with Gasteiger partial charge in [0.2, 0.25) is 0 Å². The van der Waals surface area contributed by atoms with Crippen LogP contribution in [0.1, 0.15) is 0 Å². The van der Waals surface area contributed by atoms with Crippen LogP contribution >= 0.6 is 0 Å². The van der Waals surface area contributed by atoms with Gasteiger partial charge >= 0.3 is 5.97 Å². The largest absolute Gasteiger partial charge is 0.515 e. The molecule has 0 aliphatic heterocycles. The lowest BCUT2D eigenvalue weighted by Crippen LogP contribution is -1.92. The lowest BCUT2D eigenvalue weighted by molar-refractivity contribution is -0.134. The minimum absolute atomic E-state index is 0.553. The molecule has 0 radical (unpaired) electrons. The van der Waals surface area contributed by atoms with Crippen LogP contribution in [0.25, 0.3) is 0 Å². The molecule has 0 amide bonds. The Labute approximate surface area is 41.2 Å². The molecule has 0 fully saturated rings. The highest BCUT2D eigenvalue weighted by molar-refractivity contribution is 5.81. The maximum absolute atomic E-state index is 9.94. The molecule has 0 rings (SSSR count). The number of esters is 1. The highest BCUT2D eigenvalue weighted by atomic mass is 16.5. The van der Waals surface area contributed by atoms with Crippen LogP contribution in [0.5, 0.6) is 0 Å². The summed E-state index contributed by atoms with van der Waals surface area (Å²) in [6, 6.07) is 0. The van der Waals surface area contributed by atoms with Crippen molar-refractivity contribution in [2.45, 2.75) is 0 Å². The number of methoxy groups -OCH3 is 1. The number of hydrogen-bond acceptors (Lipinski definition) is 3. The van der Waals surface area contributed by atoms with E-state index < -0.39 is 5.97 Å². The maximum atomic E-state index is 9.94. The topological polar surface area (TPSA) is 46.5 Å². The third-order valence-corrected chi connectivity index (χ3v) is 0.412. The SMILES string of the molecule is COC(=O)/C=C\O. The van der Waals surface area contributed by atoms with Crippen LogP contribution in [0.15, 0.2) is 12.3 Å². The van der Waals surface area contributed by atoms with Crippen LogP contribution in [-0.4, -0.2) is 18.2 Å². The summed E-state index contributed by atoms with van der Waals surface area (Å²) >= 11 is 0. The Morgan fingerprint density at radius 3 is 2.57 bits per heavy atom. The smallest absolute Gasteiger partial charge is 0.333 e. The Kier molecular flexibility index (Phi) is 2.76. The van der Waals surface area contributed by atoms with Gasteiger partial charge in [0.15, 0.2) is 0 Å². The van der Waals surface area contributed by atoms with Crippen molar-refractivity contribution in [3.05, 3.63) is 12.3 Å². The molecule has 0 aliphatic carbocycles. The maximum Gasteiger partial charge on any atom is 0.333 e. The minimum Gasteiger partial charge on any atom is -0.515 e. The van der Waals surface area contributed by atoms with Crippen molar-refractivity contribution in [1.29, 1.82) is 0 Å². The third-order valence-electron chi connectivity index (χ3n) is 0.412. The van der Waals surface area contributed by atoms with Crippen molar-refractivity contribution in [3.8, 4) is 0 Å². The molecule has 3 nitrogen and oxygen atoms in total. The molecule has 0 aromatic carbocycles. The normalized spacial score (nSPS) is 9.29. The molecule has 0 unspecified atom stereocenters. The number of rotatable bonds is 1. The Hall–Kier alpha value is -0.990. The second-order valence-corrected chi connectivity index (χ2v) is 0.839. The van der Waals surface area contributed by atoms with E-state index in [2.05, 4.69) is 4.74 Å². The van der Waals surface area contributed by atoms with Crippen molar-refractivity contribution in [3.63, 3.8) is 0 Å². The van der Waals surface area contributed by atoms with Gasteiger partial charge in [-0.1, -0.05) is 0 Å². The highest BCUT2D eigenvalue weighted by Gasteiger charge is 1.85. The number of ether oxygens (including phenoxy) is 1. The van der Waals surface area contributed by atoms with Crippen molar-refractivity contribution >= 4 is 5.97 Å².